The molecule has 1 N–H and O–H groups in total. The molecule has 1 saturated carbocycles. The van der Waals surface area contributed by atoms with Gasteiger partial charge in [0.05, 0.1) is 24.0 Å². The molecule has 0 unspecified atom stereocenters. The molecule has 0 bridgehead atoms. The minimum absolute atomic E-state index is 0.0540. The first-order valence-electron chi connectivity index (χ1n) is 9.36. The number of hydrogen-bond donors (Lipinski definition) is 1. The molecule has 2 aromatic rings. The van der Waals surface area contributed by atoms with E-state index < -0.39 is 0 Å². The van der Waals surface area contributed by atoms with Crippen LogP contribution in [-0.2, 0) is 4.79 Å². The highest BCUT2D eigenvalue weighted by molar-refractivity contribution is 6.30. The van der Waals surface area contributed by atoms with Gasteiger partial charge in [0.1, 0.15) is 12.4 Å². The quantitative estimate of drug-likeness (QED) is 0.836. The van der Waals surface area contributed by atoms with Crippen molar-refractivity contribution in [3.8, 4) is 5.69 Å². The summed E-state index contributed by atoms with van der Waals surface area (Å²) >= 11 is 6.00. The van der Waals surface area contributed by atoms with E-state index in [4.69, 9.17) is 11.6 Å². The van der Waals surface area contributed by atoms with Crippen molar-refractivity contribution >= 4 is 35.2 Å². The fraction of sp³-hybridized carbons (Fsp3) is 0.368. The van der Waals surface area contributed by atoms with Crippen LogP contribution in [-0.4, -0.2) is 58.6 Å². The molecule has 5 rings (SSSR count). The lowest BCUT2D eigenvalue weighted by molar-refractivity contribution is -0.119. The zero-order chi connectivity index (χ0) is 19.3. The van der Waals surface area contributed by atoms with E-state index in [1.165, 1.54) is 4.90 Å². The van der Waals surface area contributed by atoms with Crippen LogP contribution in [0.4, 0.5) is 10.6 Å². The molecule has 1 aromatic carbocycles. The normalized spacial score (nSPS) is 18.0. The molecule has 2 aliphatic heterocycles. The Morgan fingerprint density at radius 2 is 2.04 bits per heavy atom. The highest BCUT2D eigenvalue weighted by atomic mass is 35.5. The van der Waals surface area contributed by atoms with Crippen LogP contribution in [0.1, 0.15) is 18.4 Å². The maximum Gasteiger partial charge on any atom is 0.331 e. The van der Waals surface area contributed by atoms with Crippen LogP contribution >= 0.6 is 11.6 Å². The Morgan fingerprint density at radius 1 is 1.25 bits per heavy atom. The number of amidine groups is 1. The topological polar surface area (TPSA) is 82.8 Å². The highest BCUT2D eigenvalue weighted by Gasteiger charge is 2.41. The van der Waals surface area contributed by atoms with Crippen molar-refractivity contribution < 1.29 is 9.59 Å². The molecule has 0 spiro atoms. The number of anilines is 1. The molecule has 8 nitrogen and oxygen atoms in total. The van der Waals surface area contributed by atoms with Crippen molar-refractivity contribution in [2.24, 2.45) is 10.9 Å². The average molecular weight is 399 g/mol. The van der Waals surface area contributed by atoms with Gasteiger partial charge in [0, 0.05) is 18.1 Å². The number of amides is 3. The molecule has 3 aliphatic rings. The third kappa shape index (κ3) is 2.93. The van der Waals surface area contributed by atoms with Crippen LogP contribution in [0.3, 0.4) is 0 Å². The van der Waals surface area contributed by atoms with E-state index in [1.54, 1.807) is 27.9 Å². The number of hydrogen-bond acceptors (Lipinski definition) is 4. The standard InChI is InChI=1S/C19H19ClN6O2/c20-13-3-5-14(6-4-13)26-18-15(10-23-26)17-21-7-8-24(17)19(28)25(18)11-16(27)22-9-12-1-2-12/h3-6,10,12H,1-2,7-9,11H2,(H,22,27). The molecule has 0 saturated heterocycles. The molecule has 3 heterocycles. The van der Waals surface area contributed by atoms with Gasteiger partial charge in [-0.3, -0.25) is 19.6 Å². The third-order valence-electron chi connectivity index (χ3n) is 5.20. The zero-order valence-corrected chi connectivity index (χ0v) is 15.9. The molecule has 1 fully saturated rings. The van der Waals surface area contributed by atoms with Gasteiger partial charge in [-0.15, -0.1) is 0 Å². The van der Waals surface area contributed by atoms with Crippen molar-refractivity contribution in [3.05, 3.63) is 41.0 Å². The van der Waals surface area contributed by atoms with Crippen LogP contribution in [0, 0.1) is 5.92 Å². The predicted octanol–water partition coefficient (Wildman–Crippen LogP) is 2.05. The first-order valence-corrected chi connectivity index (χ1v) is 9.74. The second-order valence-electron chi connectivity index (χ2n) is 7.24. The molecule has 0 radical (unpaired) electrons. The van der Waals surface area contributed by atoms with Crippen molar-refractivity contribution in [2.45, 2.75) is 12.8 Å². The van der Waals surface area contributed by atoms with Gasteiger partial charge < -0.3 is 5.32 Å². The number of benzene rings is 1. The molecular weight excluding hydrogens is 380 g/mol. The maximum atomic E-state index is 13.1. The van der Waals surface area contributed by atoms with Crippen LogP contribution < -0.4 is 10.2 Å². The van der Waals surface area contributed by atoms with Crippen molar-refractivity contribution in [1.29, 1.82) is 0 Å². The lowest BCUT2D eigenvalue weighted by Gasteiger charge is -2.33. The van der Waals surface area contributed by atoms with E-state index in [0.717, 1.165) is 24.1 Å². The molecule has 1 aromatic heterocycles. The SMILES string of the molecule is O=C(CN1C(=O)N2CCN=C2c2cnn(-c3ccc(Cl)cc3)c21)NCC1CC1. The zero-order valence-electron chi connectivity index (χ0n) is 15.1. The van der Waals surface area contributed by atoms with Gasteiger partial charge in [-0.2, -0.15) is 5.10 Å². The van der Waals surface area contributed by atoms with Crippen molar-refractivity contribution in [3.63, 3.8) is 0 Å². The van der Waals surface area contributed by atoms with E-state index in [2.05, 4.69) is 15.4 Å². The predicted molar refractivity (Wildman–Crippen MR) is 105 cm³/mol. The van der Waals surface area contributed by atoms with Crippen molar-refractivity contribution in [2.75, 3.05) is 31.1 Å². The van der Waals surface area contributed by atoms with E-state index in [-0.39, 0.29) is 18.5 Å². The van der Waals surface area contributed by atoms with Crippen LogP contribution in [0.5, 0.6) is 0 Å². The number of urea groups is 1. The van der Waals surface area contributed by atoms with Crippen LogP contribution in [0.15, 0.2) is 35.5 Å². The van der Waals surface area contributed by atoms with Gasteiger partial charge in [0.15, 0.2) is 5.82 Å². The number of aromatic nitrogens is 2. The Bertz CT molecular complexity index is 979. The Balaban J connectivity index is 1.52. The summed E-state index contributed by atoms with van der Waals surface area (Å²) in [6, 6.07) is 6.94. The number of fused-ring (bicyclic) bond motifs is 3. The Labute approximate surface area is 166 Å². The first-order chi connectivity index (χ1) is 13.6. The summed E-state index contributed by atoms with van der Waals surface area (Å²) in [6.45, 7) is 1.68. The monoisotopic (exact) mass is 398 g/mol. The number of halogens is 1. The second kappa shape index (κ2) is 6.63. The Hall–Kier alpha value is -2.87. The van der Waals surface area contributed by atoms with E-state index in [1.807, 2.05) is 12.1 Å². The minimum atomic E-state index is -0.249. The number of rotatable bonds is 5. The fourth-order valence-electron chi connectivity index (χ4n) is 3.55. The Kier molecular flexibility index (Phi) is 4.08. The van der Waals surface area contributed by atoms with E-state index in [9.17, 15) is 9.59 Å². The van der Waals surface area contributed by atoms with Gasteiger partial charge in [0.25, 0.3) is 0 Å². The highest BCUT2D eigenvalue weighted by Crippen LogP contribution is 2.33. The van der Waals surface area contributed by atoms with Gasteiger partial charge >= 0.3 is 6.03 Å². The minimum Gasteiger partial charge on any atom is -0.354 e. The number of carbonyl (C=O) groups is 2. The molecule has 9 heteroatoms. The third-order valence-corrected chi connectivity index (χ3v) is 5.45. The van der Waals surface area contributed by atoms with Gasteiger partial charge in [-0.05, 0) is 43.0 Å². The van der Waals surface area contributed by atoms with Crippen LogP contribution in [0.2, 0.25) is 5.02 Å². The van der Waals surface area contributed by atoms with Crippen molar-refractivity contribution in [1.82, 2.24) is 20.0 Å². The summed E-state index contributed by atoms with van der Waals surface area (Å²) in [6.07, 6.45) is 4.01. The number of carbonyl (C=O) groups excluding carboxylic acids is 2. The summed E-state index contributed by atoms with van der Waals surface area (Å²) in [5.41, 5.74) is 1.51. The maximum absolute atomic E-state index is 13.1. The lowest BCUT2D eigenvalue weighted by Crippen LogP contribution is -2.53. The van der Waals surface area contributed by atoms with Crippen LogP contribution in [0.25, 0.3) is 5.69 Å². The summed E-state index contributed by atoms with van der Waals surface area (Å²) in [7, 11) is 0. The van der Waals surface area contributed by atoms with Gasteiger partial charge in [0.2, 0.25) is 5.91 Å². The average Bonchev–Trinajstić information content (AvgIpc) is 3.21. The van der Waals surface area contributed by atoms with Gasteiger partial charge in [-0.1, -0.05) is 11.6 Å². The first kappa shape index (κ1) is 17.2. The molecule has 0 atom stereocenters. The molecule has 1 aliphatic carbocycles. The molecule has 144 valence electrons. The summed E-state index contributed by atoms with van der Waals surface area (Å²) in [5.74, 6) is 1.59. The molecule has 28 heavy (non-hydrogen) atoms. The van der Waals surface area contributed by atoms with E-state index >= 15 is 0 Å². The summed E-state index contributed by atoms with van der Waals surface area (Å²) in [5, 5.41) is 8.02. The lowest BCUT2D eigenvalue weighted by atomic mass is 10.2. The summed E-state index contributed by atoms with van der Waals surface area (Å²) < 4.78 is 1.66. The molecule has 3 amide bonds. The number of nitrogens with zero attached hydrogens (tertiary/aromatic N) is 5. The fourth-order valence-corrected chi connectivity index (χ4v) is 3.68. The van der Waals surface area contributed by atoms with Gasteiger partial charge in [-0.25, -0.2) is 9.48 Å². The molecular formula is C19H19ClN6O2. The largest absolute Gasteiger partial charge is 0.354 e. The van der Waals surface area contributed by atoms with E-state index in [0.29, 0.717) is 42.2 Å². The summed E-state index contributed by atoms with van der Waals surface area (Å²) in [4.78, 5) is 33.2. The number of aliphatic imine (C=N–C) groups is 1. The smallest absolute Gasteiger partial charge is 0.331 e. The number of nitrogens with one attached hydrogen (secondary N) is 1. The second-order valence-corrected chi connectivity index (χ2v) is 7.68. The Morgan fingerprint density at radius 3 is 2.79 bits per heavy atom.